The van der Waals surface area contributed by atoms with Crippen LogP contribution in [0.1, 0.15) is 38.7 Å². The van der Waals surface area contributed by atoms with E-state index in [9.17, 15) is 5.11 Å². The quantitative estimate of drug-likeness (QED) is 0.683. The molecule has 31 heavy (non-hydrogen) atoms. The van der Waals surface area contributed by atoms with E-state index in [1.54, 1.807) is 0 Å². The zero-order valence-corrected chi connectivity index (χ0v) is 19.6. The fourth-order valence-corrected chi connectivity index (χ4v) is 5.36. The Morgan fingerprint density at radius 2 is 1.87 bits per heavy atom. The van der Waals surface area contributed by atoms with Crippen LogP contribution in [0.15, 0.2) is 30.5 Å². The number of nitrogens with zero attached hydrogens (tertiary/aromatic N) is 4. The van der Waals surface area contributed by atoms with Crippen LogP contribution in [0.3, 0.4) is 0 Å². The molecule has 170 valence electrons. The fraction of sp³-hybridized carbons (Fsp3) is 0.625. The summed E-state index contributed by atoms with van der Waals surface area (Å²) in [6, 6.07) is 9.61. The summed E-state index contributed by atoms with van der Waals surface area (Å²) < 4.78 is 0. The topological polar surface area (TPSA) is 58.6 Å². The van der Waals surface area contributed by atoms with Gasteiger partial charge in [-0.15, -0.1) is 0 Å². The van der Waals surface area contributed by atoms with E-state index in [-0.39, 0.29) is 6.61 Å². The minimum absolute atomic E-state index is 0.252. The molecule has 2 aliphatic heterocycles. The van der Waals surface area contributed by atoms with E-state index >= 15 is 0 Å². The largest absolute Gasteiger partial charge is 0.396 e. The zero-order chi connectivity index (χ0) is 21.8. The lowest BCUT2D eigenvalue weighted by atomic mass is 9.97. The van der Waals surface area contributed by atoms with Gasteiger partial charge in [0, 0.05) is 61.5 Å². The van der Waals surface area contributed by atoms with Crippen molar-refractivity contribution >= 4 is 11.6 Å². The lowest BCUT2D eigenvalue weighted by Crippen LogP contribution is -2.58. The van der Waals surface area contributed by atoms with Crippen molar-refractivity contribution in [1.82, 2.24) is 24.9 Å². The Hall–Kier alpha value is -1.44. The number of hydrogen-bond acceptors (Lipinski definition) is 5. The van der Waals surface area contributed by atoms with Crippen molar-refractivity contribution in [2.24, 2.45) is 0 Å². The molecular formula is C24H36ClN5O. The summed E-state index contributed by atoms with van der Waals surface area (Å²) in [7, 11) is 0. The predicted molar refractivity (Wildman–Crippen MR) is 126 cm³/mol. The number of nitrogens with one attached hydrogen (secondary N) is 1. The number of aliphatic hydroxyl groups is 1. The molecule has 1 aromatic carbocycles. The molecule has 0 saturated carbocycles. The Labute approximate surface area is 191 Å². The number of benzene rings is 1. The molecule has 0 spiro atoms. The molecule has 0 bridgehead atoms. The third kappa shape index (κ3) is 5.49. The van der Waals surface area contributed by atoms with Crippen molar-refractivity contribution in [2.75, 3.05) is 39.3 Å². The lowest BCUT2D eigenvalue weighted by Gasteiger charge is -2.48. The van der Waals surface area contributed by atoms with E-state index in [1.165, 1.54) is 31.5 Å². The van der Waals surface area contributed by atoms with Crippen LogP contribution in [-0.2, 0) is 6.54 Å². The van der Waals surface area contributed by atoms with Crippen molar-refractivity contribution in [3.8, 4) is 11.3 Å². The molecule has 2 N–H and O–H groups in total. The van der Waals surface area contributed by atoms with Crippen LogP contribution in [0.25, 0.3) is 11.3 Å². The van der Waals surface area contributed by atoms with Crippen LogP contribution < -0.4 is 0 Å². The number of aromatic amines is 1. The van der Waals surface area contributed by atoms with Gasteiger partial charge in [0.2, 0.25) is 0 Å². The molecule has 7 heteroatoms. The molecule has 2 fully saturated rings. The van der Waals surface area contributed by atoms with Crippen LogP contribution in [0, 0.1) is 0 Å². The van der Waals surface area contributed by atoms with Gasteiger partial charge in [0.25, 0.3) is 0 Å². The Morgan fingerprint density at radius 3 is 2.55 bits per heavy atom. The van der Waals surface area contributed by atoms with E-state index in [0.717, 1.165) is 48.9 Å². The first-order valence-electron chi connectivity index (χ1n) is 11.7. The number of likely N-dealkylation sites (tertiary alicyclic amines) is 1. The van der Waals surface area contributed by atoms with Gasteiger partial charge in [0.1, 0.15) is 0 Å². The average Bonchev–Trinajstić information content (AvgIpc) is 3.23. The van der Waals surface area contributed by atoms with E-state index in [0.29, 0.717) is 18.1 Å². The van der Waals surface area contributed by atoms with Crippen LogP contribution in [0.5, 0.6) is 0 Å². The second kappa shape index (κ2) is 10.5. The number of piperazine rings is 1. The molecule has 0 radical (unpaired) electrons. The van der Waals surface area contributed by atoms with Gasteiger partial charge in [-0.25, -0.2) is 0 Å². The van der Waals surface area contributed by atoms with Crippen molar-refractivity contribution in [2.45, 2.75) is 57.8 Å². The summed E-state index contributed by atoms with van der Waals surface area (Å²) in [6.07, 6.45) is 5.26. The molecule has 4 rings (SSSR count). The summed E-state index contributed by atoms with van der Waals surface area (Å²) in [5.74, 6) is 0. The van der Waals surface area contributed by atoms with E-state index in [2.05, 4.69) is 38.7 Å². The molecule has 0 amide bonds. The number of hydrogen-bond donors (Lipinski definition) is 2. The summed E-state index contributed by atoms with van der Waals surface area (Å²) in [6.45, 7) is 11.2. The van der Waals surface area contributed by atoms with Crippen molar-refractivity contribution in [3.05, 3.63) is 41.0 Å². The van der Waals surface area contributed by atoms with Crippen LogP contribution in [0.4, 0.5) is 0 Å². The monoisotopic (exact) mass is 445 g/mol. The summed E-state index contributed by atoms with van der Waals surface area (Å²) in [5.41, 5.74) is 3.39. The SMILES string of the molecule is CC(C)N1CCC(N2CCN(Cc3cn[nH]c3-c3ccc(Cl)cc3)C[C@@H]2CCO)CC1. The highest BCUT2D eigenvalue weighted by Gasteiger charge is 2.34. The fourth-order valence-electron chi connectivity index (χ4n) is 5.24. The maximum Gasteiger partial charge on any atom is 0.0695 e. The first-order chi connectivity index (χ1) is 15.0. The third-order valence-electron chi connectivity index (χ3n) is 7.02. The smallest absolute Gasteiger partial charge is 0.0695 e. The highest BCUT2D eigenvalue weighted by atomic mass is 35.5. The van der Waals surface area contributed by atoms with E-state index in [1.807, 2.05) is 30.5 Å². The average molecular weight is 446 g/mol. The van der Waals surface area contributed by atoms with Crippen molar-refractivity contribution < 1.29 is 5.11 Å². The standard InChI is InChI=1S/C24H36ClN5O/c1-18(2)29-10-7-22(8-11-29)30-13-12-28(17-23(30)9-14-31)16-20-15-26-27-24(20)19-3-5-21(25)6-4-19/h3-6,15,18,22-23,31H,7-14,16-17H2,1-2H3,(H,26,27)/t23-/m0/s1. The third-order valence-corrected chi connectivity index (χ3v) is 7.27. The minimum atomic E-state index is 0.252. The van der Waals surface area contributed by atoms with E-state index < -0.39 is 0 Å². The van der Waals surface area contributed by atoms with Gasteiger partial charge in [-0.05, 0) is 63.9 Å². The molecule has 0 unspecified atom stereocenters. The normalized spacial score (nSPS) is 22.4. The van der Waals surface area contributed by atoms with Gasteiger partial charge in [0.15, 0.2) is 0 Å². The molecule has 2 aromatic rings. The maximum absolute atomic E-state index is 9.73. The van der Waals surface area contributed by atoms with Crippen LogP contribution in [-0.4, -0.2) is 87.5 Å². The number of piperidine rings is 1. The van der Waals surface area contributed by atoms with Crippen molar-refractivity contribution in [1.29, 1.82) is 0 Å². The Balaban J connectivity index is 1.39. The lowest BCUT2D eigenvalue weighted by molar-refractivity contribution is 0.00000984. The molecule has 0 aliphatic carbocycles. The molecule has 2 aliphatic rings. The summed E-state index contributed by atoms with van der Waals surface area (Å²) >= 11 is 6.05. The minimum Gasteiger partial charge on any atom is -0.396 e. The Morgan fingerprint density at radius 1 is 1.13 bits per heavy atom. The number of halogens is 1. The number of aliphatic hydroxyl groups excluding tert-OH is 1. The van der Waals surface area contributed by atoms with Gasteiger partial charge >= 0.3 is 0 Å². The summed E-state index contributed by atoms with van der Waals surface area (Å²) in [4.78, 5) is 7.80. The molecule has 1 aromatic heterocycles. The first-order valence-corrected chi connectivity index (χ1v) is 12.0. The predicted octanol–water partition coefficient (Wildman–Crippen LogP) is 3.47. The molecular weight excluding hydrogens is 410 g/mol. The van der Waals surface area contributed by atoms with Gasteiger partial charge < -0.3 is 10.0 Å². The molecule has 3 heterocycles. The Kier molecular flexibility index (Phi) is 7.67. The number of H-pyrrole nitrogens is 1. The molecule has 6 nitrogen and oxygen atoms in total. The summed E-state index contributed by atoms with van der Waals surface area (Å²) in [5, 5.41) is 17.9. The number of rotatable bonds is 7. The highest BCUT2D eigenvalue weighted by Crippen LogP contribution is 2.27. The highest BCUT2D eigenvalue weighted by molar-refractivity contribution is 6.30. The maximum atomic E-state index is 9.73. The Bertz CT molecular complexity index is 816. The van der Waals surface area contributed by atoms with Gasteiger partial charge in [-0.2, -0.15) is 5.10 Å². The second-order valence-electron chi connectivity index (χ2n) is 9.28. The zero-order valence-electron chi connectivity index (χ0n) is 18.8. The van der Waals surface area contributed by atoms with Gasteiger partial charge in [0.05, 0.1) is 11.9 Å². The van der Waals surface area contributed by atoms with Gasteiger partial charge in [-0.1, -0.05) is 23.7 Å². The van der Waals surface area contributed by atoms with Crippen molar-refractivity contribution in [3.63, 3.8) is 0 Å². The molecule has 1 atom stereocenters. The van der Waals surface area contributed by atoms with Crippen LogP contribution in [0.2, 0.25) is 5.02 Å². The first kappa shape index (κ1) is 22.7. The van der Waals surface area contributed by atoms with E-state index in [4.69, 9.17) is 11.6 Å². The van der Waals surface area contributed by atoms with Crippen LogP contribution >= 0.6 is 11.6 Å². The van der Waals surface area contributed by atoms with Gasteiger partial charge in [-0.3, -0.25) is 14.9 Å². The number of aromatic nitrogens is 2. The molecule has 2 saturated heterocycles. The second-order valence-corrected chi connectivity index (χ2v) is 9.71.